The van der Waals surface area contributed by atoms with Crippen LogP contribution in [0.25, 0.3) is 11.3 Å². The van der Waals surface area contributed by atoms with Crippen LogP contribution in [0.2, 0.25) is 5.28 Å². The highest BCUT2D eigenvalue weighted by molar-refractivity contribution is 6.29. The van der Waals surface area contributed by atoms with E-state index in [9.17, 15) is 4.79 Å². The van der Waals surface area contributed by atoms with Crippen LogP contribution >= 0.6 is 11.6 Å². The molecule has 0 unspecified atom stereocenters. The molecule has 5 heteroatoms. The second-order valence-electron chi connectivity index (χ2n) is 5.83. The molecule has 0 aliphatic heterocycles. The maximum absolute atomic E-state index is 12.3. The third kappa shape index (κ3) is 3.27. The van der Waals surface area contributed by atoms with E-state index in [2.05, 4.69) is 4.98 Å². The van der Waals surface area contributed by atoms with Gasteiger partial charge >= 0.3 is 5.97 Å². The molecule has 0 radical (unpaired) electrons. The number of aromatic nitrogens is 2. The van der Waals surface area contributed by atoms with Gasteiger partial charge < -0.3 is 9.30 Å². The number of carbonyl (C=O) groups excluding carboxylic acids is 1. The molecule has 1 aliphatic carbocycles. The molecule has 0 atom stereocenters. The first-order valence-corrected chi connectivity index (χ1v) is 8.60. The zero-order valence-corrected chi connectivity index (χ0v) is 14.1. The van der Waals surface area contributed by atoms with Crippen molar-refractivity contribution in [2.24, 2.45) is 0 Å². The van der Waals surface area contributed by atoms with E-state index in [0.29, 0.717) is 23.6 Å². The second-order valence-corrected chi connectivity index (χ2v) is 6.16. The molecule has 1 heterocycles. The molecule has 0 spiro atoms. The Hall–Kier alpha value is -1.81. The van der Waals surface area contributed by atoms with Crippen molar-refractivity contribution in [1.82, 2.24) is 9.55 Å². The molecule has 1 aromatic carbocycles. The Balaban J connectivity index is 2.12. The van der Waals surface area contributed by atoms with Crippen molar-refractivity contribution in [2.75, 3.05) is 6.61 Å². The van der Waals surface area contributed by atoms with Crippen molar-refractivity contribution < 1.29 is 9.53 Å². The van der Waals surface area contributed by atoms with Gasteiger partial charge in [-0.05, 0) is 31.4 Å². The summed E-state index contributed by atoms with van der Waals surface area (Å²) in [4.78, 5) is 16.7. The molecule has 0 amide bonds. The first-order valence-electron chi connectivity index (χ1n) is 8.22. The maximum Gasteiger partial charge on any atom is 0.359 e. The maximum atomic E-state index is 12.3. The fraction of sp³-hybridized carbons (Fsp3) is 0.444. The largest absolute Gasteiger partial charge is 0.461 e. The standard InChI is InChI=1S/C18H21ClN2O2/c1-2-23-17(22)15-16(13-9-5-3-6-10-13)21(18(19)20-15)14-11-7-4-8-12-14/h3,5-6,9-10,14H,2,4,7-8,11-12H2,1H3. The van der Waals surface area contributed by atoms with Crippen molar-refractivity contribution in [3.63, 3.8) is 0 Å². The lowest BCUT2D eigenvalue weighted by molar-refractivity contribution is 0.0521. The van der Waals surface area contributed by atoms with Gasteiger partial charge in [0.05, 0.1) is 12.3 Å². The van der Waals surface area contributed by atoms with Crippen molar-refractivity contribution in [2.45, 2.75) is 45.1 Å². The number of ether oxygens (including phenoxy) is 1. The molecule has 122 valence electrons. The molecule has 0 bridgehead atoms. The number of benzene rings is 1. The average Bonchev–Trinajstić information content (AvgIpc) is 2.94. The zero-order valence-electron chi connectivity index (χ0n) is 13.3. The van der Waals surface area contributed by atoms with Crippen LogP contribution in [0.3, 0.4) is 0 Å². The number of hydrogen-bond acceptors (Lipinski definition) is 3. The van der Waals surface area contributed by atoms with Gasteiger partial charge in [0.2, 0.25) is 5.28 Å². The highest BCUT2D eigenvalue weighted by Gasteiger charge is 2.28. The molecular weight excluding hydrogens is 312 g/mol. The van der Waals surface area contributed by atoms with Crippen LogP contribution in [0, 0.1) is 0 Å². The molecule has 4 nitrogen and oxygen atoms in total. The third-order valence-electron chi connectivity index (χ3n) is 4.32. The summed E-state index contributed by atoms with van der Waals surface area (Å²) in [7, 11) is 0. The molecular formula is C18H21ClN2O2. The van der Waals surface area contributed by atoms with Crippen LogP contribution in [0.15, 0.2) is 30.3 Å². The Kier molecular flexibility index (Phi) is 5.01. The fourth-order valence-electron chi connectivity index (χ4n) is 3.29. The zero-order chi connectivity index (χ0) is 16.2. The molecule has 3 rings (SSSR count). The molecule has 2 aromatic rings. The first kappa shape index (κ1) is 16.1. The molecule has 0 N–H and O–H groups in total. The van der Waals surface area contributed by atoms with E-state index >= 15 is 0 Å². The summed E-state index contributed by atoms with van der Waals surface area (Å²) in [6.07, 6.45) is 5.76. The van der Waals surface area contributed by atoms with Gasteiger partial charge in [-0.1, -0.05) is 49.6 Å². The van der Waals surface area contributed by atoms with Crippen LogP contribution in [0.5, 0.6) is 0 Å². The summed E-state index contributed by atoms with van der Waals surface area (Å²) < 4.78 is 7.20. The number of hydrogen-bond donors (Lipinski definition) is 0. The van der Waals surface area contributed by atoms with E-state index < -0.39 is 5.97 Å². The minimum absolute atomic E-state index is 0.294. The van der Waals surface area contributed by atoms with Gasteiger partial charge in [0.25, 0.3) is 0 Å². The van der Waals surface area contributed by atoms with Crippen LogP contribution in [-0.2, 0) is 4.74 Å². The van der Waals surface area contributed by atoms with E-state index in [4.69, 9.17) is 16.3 Å². The Morgan fingerprint density at radius 1 is 1.26 bits per heavy atom. The SMILES string of the molecule is CCOC(=O)c1nc(Cl)n(C2CCCCC2)c1-c1ccccc1. The summed E-state index contributed by atoms with van der Waals surface area (Å²) in [5.74, 6) is -0.414. The Labute approximate surface area is 141 Å². The minimum Gasteiger partial charge on any atom is -0.461 e. The van der Waals surface area contributed by atoms with Crippen molar-refractivity contribution in [1.29, 1.82) is 0 Å². The number of imidazole rings is 1. The summed E-state index contributed by atoms with van der Waals surface area (Å²) >= 11 is 6.42. The Morgan fingerprint density at radius 3 is 2.61 bits per heavy atom. The number of carbonyl (C=O) groups is 1. The molecule has 0 saturated heterocycles. The van der Waals surface area contributed by atoms with Gasteiger partial charge in [-0.2, -0.15) is 0 Å². The Bertz CT molecular complexity index is 676. The predicted octanol–water partition coefficient (Wildman–Crippen LogP) is 4.89. The van der Waals surface area contributed by atoms with Crippen LogP contribution in [0.4, 0.5) is 0 Å². The lowest BCUT2D eigenvalue weighted by atomic mass is 9.94. The quantitative estimate of drug-likeness (QED) is 0.749. The average molecular weight is 333 g/mol. The summed E-state index contributed by atoms with van der Waals surface area (Å²) in [6.45, 7) is 2.11. The van der Waals surface area contributed by atoms with E-state index in [1.54, 1.807) is 6.92 Å². The molecule has 1 fully saturated rings. The number of halogens is 1. The number of nitrogens with zero attached hydrogens (tertiary/aromatic N) is 2. The van der Waals surface area contributed by atoms with Gasteiger partial charge in [0.1, 0.15) is 0 Å². The van der Waals surface area contributed by atoms with E-state index in [1.165, 1.54) is 19.3 Å². The highest BCUT2D eigenvalue weighted by Crippen LogP contribution is 2.37. The van der Waals surface area contributed by atoms with Crippen molar-refractivity contribution in [3.05, 3.63) is 41.3 Å². The van der Waals surface area contributed by atoms with Crippen molar-refractivity contribution >= 4 is 17.6 Å². The van der Waals surface area contributed by atoms with Crippen LogP contribution in [-0.4, -0.2) is 22.1 Å². The van der Waals surface area contributed by atoms with E-state index in [0.717, 1.165) is 24.1 Å². The minimum atomic E-state index is -0.414. The van der Waals surface area contributed by atoms with Gasteiger partial charge in [0.15, 0.2) is 5.69 Å². The topological polar surface area (TPSA) is 44.1 Å². The summed E-state index contributed by atoms with van der Waals surface area (Å²) in [5.41, 5.74) is 2.04. The predicted molar refractivity (Wildman–Crippen MR) is 90.8 cm³/mol. The van der Waals surface area contributed by atoms with Gasteiger partial charge in [-0.15, -0.1) is 0 Å². The molecule has 1 saturated carbocycles. The summed E-state index contributed by atoms with van der Waals surface area (Å²) in [6, 6.07) is 10.1. The lowest BCUT2D eigenvalue weighted by Crippen LogP contribution is -2.15. The molecule has 1 aromatic heterocycles. The van der Waals surface area contributed by atoms with Gasteiger partial charge in [-0.3, -0.25) is 0 Å². The second kappa shape index (κ2) is 7.18. The lowest BCUT2D eigenvalue weighted by Gasteiger charge is -2.25. The van der Waals surface area contributed by atoms with Gasteiger partial charge in [0, 0.05) is 11.6 Å². The normalized spacial score (nSPS) is 15.6. The smallest absolute Gasteiger partial charge is 0.359 e. The van der Waals surface area contributed by atoms with Crippen molar-refractivity contribution in [3.8, 4) is 11.3 Å². The van der Waals surface area contributed by atoms with E-state index in [1.807, 2.05) is 34.9 Å². The molecule has 23 heavy (non-hydrogen) atoms. The van der Waals surface area contributed by atoms with E-state index in [-0.39, 0.29) is 0 Å². The van der Waals surface area contributed by atoms with Crippen LogP contribution in [0.1, 0.15) is 55.6 Å². The van der Waals surface area contributed by atoms with Gasteiger partial charge in [-0.25, -0.2) is 9.78 Å². The number of rotatable bonds is 4. The first-order chi connectivity index (χ1) is 11.2. The molecule has 1 aliphatic rings. The van der Waals surface area contributed by atoms with Crippen LogP contribution < -0.4 is 0 Å². The fourth-order valence-corrected chi connectivity index (χ4v) is 3.60. The monoisotopic (exact) mass is 332 g/mol. The Morgan fingerprint density at radius 2 is 1.96 bits per heavy atom. The third-order valence-corrected chi connectivity index (χ3v) is 4.59. The highest BCUT2D eigenvalue weighted by atomic mass is 35.5. The summed E-state index contributed by atoms with van der Waals surface area (Å²) in [5, 5.41) is 0.374. The number of esters is 1.